The average Bonchev–Trinajstić information content (AvgIpc) is 2.54. The van der Waals surface area contributed by atoms with E-state index < -0.39 is 0 Å². The fourth-order valence-corrected chi connectivity index (χ4v) is 2.44. The topological polar surface area (TPSA) is 35.5 Å². The predicted octanol–water partition coefficient (Wildman–Crippen LogP) is 4.44. The Hall–Kier alpha value is -2.81. The molecule has 0 fully saturated rings. The molecule has 0 aliphatic heterocycles. The summed E-state index contributed by atoms with van der Waals surface area (Å²) in [4.78, 5) is 11.0. The number of hydrogen-bond donors (Lipinski definition) is 0. The van der Waals surface area contributed by atoms with Crippen molar-refractivity contribution in [2.45, 2.75) is 6.92 Å². The maximum absolute atomic E-state index is 11.0. The first-order valence-electron chi connectivity index (χ1n) is 7.02. The lowest BCUT2D eigenvalue weighted by atomic mass is 10.0. The third-order valence-corrected chi connectivity index (χ3v) is 3.48. The summed E-state index contributed by atoms with van der Waals surface area (Å²) in [5.41, 5.74) is 2.22. The molecule has 0 heterocycles. The van der Waals surface area contributed by atoms with Crippen LogP contribution in [0.25, 0.3) is 21.9 Å². The maximum Gasteiger partial charge on any atom is 0.308 e. The fraction of sp³-hybridized carbons (Fsp3) is 0.105. The van der Waals surface area contributed by atoms with Crippen molar-refractivity contribution in [2.75, 3.05) is 7.11 Å². The van der Waals surface area contributed by atoms with E-state index in [2.05, 4.69) is 18.2 Å². The van der Waals surface area contributed by atoms with Gasteiger partial charge in [0.05, 0.1) is 7.11 Å². The van der Waals surface area contributed by atoms with E-state index in [-0.39, 0.29) is 5.97 Å². The Morgan fingerprint density at radius 3 is 2.32 bits per heavy atom. The molecule has 22 heavy (non-hydrogen) atoms. The van der Waals surface area contributed by atoms with Crippen LogP contribution >= 0.6 is 0 Å². The zero-order valence-corrected chi connectivity index (χ0v) is 12.5. The summed E-state index contributed by atoms with van der Waals surface area (Å²) in [5, 5.41) is 2.13. The van der Waals surface area contributed by atoms with Crippen LogP contribution in [0.3, 0.4) is 0 Å². The molecule has 0 saturated carbocycles. The molecule has 3 nitrogen and oxygen atoms in total. The molecule has 0 saturated heterocycles. The Kier molecular flexibility index (Phi) is 3.79. The van der Waals surface area contributed by atoms with Crippen molar-refractivity contribution in [1.82, 2.24) is 0 Å². The first-order chi connectivity index (χ1) is 10.7. The minimum absolute atomic E-state index is 0.313. The maximum atomic E-state index is 11.0. The largest absolute Gasteiger partial charge is 0.497 e. The highest BCUT2D eigenvalue weighted by Crippen LogP contribution is 2.28. The van der Waals surface area contributed by atoms with Gasteiger partial charge < -0.3 is 9.47 Å². The first-order valence-corrected chi connectivity index (χ1v) is 7.02. The van der Waals surface area contributed by atoms with Crippen LogP contribution in [0.2, 0.25) is 0 Å². The molecule has 0 amide bonds. The molecule has 0 unspecified atom stereocenters. The molecule has 0 radical (unpaired) electrons. The van der Waals surface area contributed by atoms with Gasteiger partial charge in [0.15, 0.2) is 0 Å². The van der Waals surface area contributed by atoms with Gasteiger partial charge in [-0.05, 0) is 52.2 Å². The second-order valence-corrected chi connectivity index (χ2v) is 5.05. The summed E-state index contributed by atoms with van der Waals surface area (Å²) in [7, 11) is 1.66. The van der Waals surface area contributed by atoms with Crippen LogP contribution in [0, 0.1) is 0 Å². The van der Waals surface area contributed by atoms with Crippen LogP contribution in [-0.4, -0.2) is 13.1 Å². The van der Waals surface area contributed by atoms with Crippen molar-refractivity contribution >= 4 is 16.7 Å². The monoisotopic (exact) mass is 292 g/mol. The van der Waals surface area contributed by atoms with Crippen molar-refractivity contribution in [3.8, 4) is 22.6 Å². The van der Waals surface area contributed by atoms with Gasteiger partial charge in [-0.25, -0.2) is 0 Å². The standard InChI is InChI=1S/C19H16O3/c1-13(20)22-19-9-8-16-10-15(6-7-17(16)12-19)14-4-3-5-18(11-14)21-2/h3-12H,1-2H3. The fourth-order valence-electron chi connectivity index (χ4n) is 2.44. The van der Waals surface area contributed by atoms with Crippen molar-refractivity contribution in [3.05, 3.63) is 60.7 Å². The molecule has 0 atom stereocenters. The lowest BCUT2D eigenvalue weighted by Gasteiger charge is -2.07. The summed E-state index contributed by atoms with van der Waals surface area (Å²) >= 11 is 0. The van der Waals surface area contributed by atoms with Crippen LogP contribution in [0.4, 0.5) is 0 Å². The van der Waals surface area contributed by atoms with E-state index in [4.69, 9.17) is 9.47 Å². The van der Waals surface area contributed by atoms with Crippen molar-refractivity contribution < 1.29 is 14.3 Å². The van der Waals surface area contributed by atoms with Gasteiger partial charge in [0.25, 0.3) is 0 Å². The molecule has 3 aromatic rings. The first kappa shape index (κ1) is 14.1. The van der Waals surface area contributed by atoms with Crippen molar-refractivity contribution in [2.24, 2.45) is 0 Å². The van der Waals surface area contributed by atoms with E-state index >= 15 is 0 Å². The lowest BCUT2D eigenvalue weighted by Crippen LogP contribution is -2.00. The summed E-state index contributed by atoms with van der Waals surface area (Å²) in [5.74, 6) is 1.09. The number of benzene rings is 3. The molecular weight excluding hydrogens is 276 g/mol. The van der Waals surface area contributed by atoms with E-state index in [0.29, 0.717) is 5.75 Å². The SMILES string of the molecule is COc1cccc(-c2ccc3cc(OC(C)=O)ccc3c2)c1. The summed E-state index contributed by atoms with van der Waals surface area (Å²) in [6.45, 7) is 1.40. The van der Waals surface area contributed by atoms with Gasteiger partial charge >= 0.3 is 5.97 Å². The Morgan fingerprint density at radius 2 is 1.55 bits per heavy atom. The third kappa shape index (κ3) is 2.93. The third-order valence-electron chi connectivity index (χ3n) is 3.48. The number of hydrogen-bond acceptors (Lipinski definition) is 3. The molecule has 3 aromatic carbocycles. The molecule has 0 aliphatic rings. The summed E-state index contributed by atoms with van der Waals surface area (Å²) in [6, 6.07) is 19.8. The van der Waals surface area contributed by atoms with Crippen LogP contribution in [-0.2, 0) is 4.79 Å². The van der Waals surface area contributed by atoms with Gasteiger partial charge in [0.1, 0.15) is 11.5 Å². The Bertz CT molecular complexity index is 837. The van der Waals surface area contributed by atoms with E-state index in [9.17, 15) is 4.79 Å². The van der Waals surface area contributed by atoms with Crippen molar-refractivity contribution in [1.29, 1.82) is 0 Å². The van der Waals surface area contributed by atoms with Gasteiger partial charge in [-0.1, -0.05) is 30.3 Å². The lowest BCUT2D eigenvalue weighted by molar-refractivity contribution is -0.131. The molecule has 0 bridgehead atoms. The van der Waals surface area contributed by atoms with E-state index in [1.165, 1.54) is 6.92 Å². The van der Waals surface area contributed by atoms with E-state index in [0.717, 1.165) is 27.6 Å². The second kappa shape index (κ2) is 5.90. The van der Waals surface area contributed by atoms with Crippen LogP contribution in [0.1, 0.15) is 6.92 Å². The van der Waals surface area contributed by atoms with Crippen molar-refractivity contribution in [3.63, 3.8) is 0 Å². The molecular formula is C19H16O3. The molecule has 110 valence electrons. The zero-order chi connectivity index (χ0) is 15.5. The summed E-state index contributed by atoms with van der Waals surface area (Å²) in [6.07, 6.45) is 0. The second-order valence-electron chi connectivity index (χ2n) is 5.05. The van der Waals surface area contributed by atoms with Gasteiger partial charge in [0.2, 0.25) is 0 Å². The highest BCUT2D eigenvalue weighted by atomic mass is 16.5. The Balaban J connectivity index is 2.00. The number of fused-ring (bicyclic) bond motifs is 1. The van der Waals surface area contributed by atoms with Gasteiger partial charge in [-0.15, -0.1) is 0 Å². The highest BCUT2D eigenvalue weighted by Gasteiger charge is 2.04. The summed E-state index contributed by atoms with van der Waals surface area (Å²) < 4.78 is 10.4. The van der Waals surface area contributed by atoms with Crippen LogP contribution in [0.15, 0.2) is 60.7 Å². The number of carbonyl (C=O) groups excluding carboxylic acids is 1. The minimum Gasteiger partial charge on any atom is -0.497 e. The number of ether oxygens (including phenoxy) is 2. The van der Waals surface area contributed by atoms with Gasteiger partial charge in [-0.3, -0.25) is 4.79 Å². The number of rotatable bonds is 3. The van der Waals surface area contributed by atoms with E-state index in [1.54, 1.807) is 13.2 Å². The Morgan fingerprint density at radius 1 is 0.818 bits per heavy atom. The number of esters is 1. The average molecular weight is 292 g/mol. The molecule has 3 heteroatoms. The normalized spacial score (nSPS) is 10.5. The van der Waals surface area contributed by atoms with Gasteiger partial charge in [-0.2, -0.15) is 0 Å². The highest BCUT2D eigenvalue weighted by molar-refractivity contribution is 5.89. The molecule has 0 spiro atoms. The number of methoxy groups -OCH3 is 1. The molecule has 0 aliphatic carbocycles. The van der Waals surface area contributed by atoms with Gasteiger partial charge in [0, 0.05) is 6.92 Å². The predicted molar refractivity (Wildman–Crippen MR) is 87.2 cm³/mol. The quantitative estimate of drug-likeness (QED) is 0.529. The van der Waals surface area contributed by atoms with Crippen LogP contribution in [0.5, 0.6) is 11.5 Å². The van der Waals surface area contributed by atoms with Crippen LogP contribution < -0.4 is 9.47 Å². The Labute approximate surface area is 129 Å². The smallest absolute Gasteiger partial charge is 0.308 e. The molecule has 0 aromatic heterocycles. The zero-order valence-electron chi connectivity index (χ0n) is 12.5. The minimum atomic E-state index is -0.313. The molecule has 3 rings (SSSR count). The number of carbonyl (C=O) groups is 1. The van der Waals surface area contributed by atoms with E-state index in [1.807, 2.05) is 36.4 Å². The molecule has 0 N–H and O–H groups in total.